The van der Waals surface area contributed by atoms with Crippen LogP contribution in [0.3, 0.4) is 0 Å². The smallest absolute Gasteiger partial charge is 0.259 e. The number of nitrogens with zero attached hydrogens (tertiary/aromatic N) is 3. The van der Waals surface area contributed by atoms with Crippen molar-refractivity contribution in [2.45, 2.75) is 52.8 Å². The van der Waals surface area contributed by atoms with Crippen molar-refractivity contribution in [3.05, 3.63) is 47.2 Å². The molecule has 2 aromatic rings. The molecule has 3 atom stereocenters. The zero-order valence-electron chi connectivity index (χ0n) is 22.4. The Balaban J connectivity index is 1.57. The van der Waals surface area contributed by atoms with Crippen molar-refractivity contribution in [2.24, 2.45) is 11.8 Å². The molecular formula is C29H37N3O5. The zero-order chi connectivity index (χ0) is 26.5. The van der Waals surface area contributed by atoms with E-state index in [-0.39, 0.29) is 37.4 Å². The Labute approximate surface area is 219 Å². The van der Waals surface area contributed by atoms with Crippen LogP contribution in [0.15, 0.2) is 30.5 Å². The average Bonchev–Trinajstić information content (AvgIpc) is 3.33. The summed E-state index contributed by atoms with van der Waals surface area (Å²) >= 11 is 0. The Morgan fingerprint density at radius 2 is 2.00 bits per heavy atom. The maximum absolute atomic E-state index is 13.5. The van der Waals surface area contributed by atoms with Crippen molar-refractivity contribution in [3.63, 3.8) is 0 Å². The lowest BCUT2D eigenvalue weighted by molar-refractivity contribution is 0.0325. The molecule has 0 saturated heterocycles. The number of likely N-dealkylation sites (N-methyl/N-ethyl adjacent to an activating group) is 1. The minimum Gasteiger partial charge on any atom is -0.472 e. The Bertz CT molecular complexity index is 1170. The van der Waals surface area contributed by atoms with E-state index >= 15 is 0 Å². The third kappa shape index (κ3) is 6.54. The first-order chi connectivity index (χ1) is 17.7. The Kier molecular flexibility index (Phi) is 8.57. The minimum atomic E-state index is -0.330. The van der Waals surface area contributed by atoms with E-state index in [1.165, 1.54) is 0 Å². The van der Waals surface area contributed by atoms with Gasteiger partial charge in [0.1, 0.15) is 11.7 Å². The molecule has 1 aromatic heterocycles. The Hall–Kier alpha value is -3.28. The third-order valence-electron chi connectivity index (χ3n) is 6.65. The Morgan fingerprint density at radius 1 is 1.22 bits per heavy atom. The van der Waals surface area contributed by atoms with E-state index in [2.05, 4.69) is 42.5 Å². The third-order valence-corrected chi connectivity index (χ3v) is 6.65. The monoisotopic (exact) mass is 507 g/mol. The molecule has 0 fully saturated rings. The molecule has 2 aliphatic heterocycles. The van der Waals surface area contributed by atoms with Gasteiger partial charge in [-0.25, -0.2) is 4.98 Å². The fraction of sp³-hybridized carbons (Fsp3) is 0.517. The first-order valence-corrected chi connectivity index (χ1v) is 12.9. The largest absolute Gasteiger partial charge is 0.472 e. The van der Waals surface area contributed by atoms with E-state index in [0.29, 0.717) is 42.6 Å². The number of pyridine rings is 1. The molecule has 3 heterocycles. The molecule has 0 spiro atoms. The van der Waals surface area contributed by atoms with Gasteiger partial charge in [0.05, 0.1) is 12.6 Å². The van der Waals surface area contributed by atoms with Gasteiger partial charge in [-0.3, -0.25) is 9.69 Å². The summed E-state index contributed by atoms with van der Waals surface area (Å²) in [6.07, 6.45) is 2.22. The lowest BCUT2D eigenvalue weighted by atomic mass is 9.99. The number of hydrogen-bond donors (Lipinski definition) is 1. The number of aliphatic hydroxyl groups excluding tert-OH is 1. The molecule has 0 unspecified atom stereocenters. The van der Waals surface area contributed by atoms with Gasteiger partial charge >= 0.3 is 0 Å². The Morgan fingerprint density at radius 3 is 2.76 bits per heavy atom. The van der Waals surface area contributed by atoms with Gasteiger partial charge in [0.2, 0.25) is 12.7 Å². The second kappa shape index (κ2) is 11.8. The summed E-state index contributed by atoms with van der Waals surface area (Å²) in [6, 6.07) is 7.40. The van der Waals surface area contributed by atoms with Crippen molar-refractivity contribution in [2.75, 3.05) is 33.5 Å². The molecule has 1 aromatic carbocycles. The molecule has 1 N–H and O–H groups in total. The number of fused-ring (bicyclic) bond motifs is 2. The standard InChI is InChI=1S/C29H37N3O5/c1-19(2)7-6-8-22-11-24-28(30-13-22)37-27(20(3)14-32(29(24)34)21(4)17-33)16-31(5)15-23-9-10-25-26(12-23)36-18-35-25/h9-13,19-21,27,33H,7,14-18H2,1-5H3/t20-,21+,27+/m0/s1. The fourth-order valence-electron chi connectivity index (χ4n) is 4.47. The molecule has 4 rings (SSSR count). The molecule has 0 saturated carbocycles. The van der Waals surface area contributed by atoms with Gasteiger partial charge in [-0.1, -0.05) is 38.7 Å². The molecule has 198 valence electrons. The normalized spacial score (nSPS) is 19.6. The van der Waals surface area contributed by atoms with E-state index < -0.39 is 0 Å². The summed E-state index contributed by atoms with van der Waals surface area (Å²) in [7, 11) is 2.04. The van der Waals surface area contributed by atoms with Crippen molar-refractivity contribution < 1.29 is 24.1 Å². The second-order valence-electron chi connectivity index (χ2n) is 10.5. The van der Waals surface area contributed by atoms with Crippen LogP contribution < -0.4 is 14.2 Å². The number of carbonyl (C=O) groups is 1. The summed E-state index contributed by atoms with van der Waals surface area (Å²) in [5.74, 6) is 8.39. The van der Waals surface area contributed by atoms with Crippen molar-refractivity contribution in [1.82, 2.24) is 14.8 Å². The molecule has 8 heteroatoms. The van der Waals surface area contributed by atoms with Crippen LogP contribution in [0.4, 0.5) is 0 Å². The summed E-state index contributed by atoms with van der Waals surface area (Å²) in [6.45, 7) is 10.1. The van der Waals surface area contributed by atoms with Gasteiger partial charge in [0.25, 0.3) is 5.91 Å². The predicted octanol–water partition coefficient (Wildman–Crippen LogP) is 3.56. The molecule has 0 aliphatic carbocycles. The van der Waals surface area contributed by atoms with Gasteiger partial charge in [-0.15, -0.1) is 0 Å². The van der Waals surface area contributed by atoms with Gasteiger partial charge in [0, 0.05) is 43.7 Å². The van der Waals surface area contributed by atoms with E-state index in [0.717, 1.165) is 23.5 Å². The molecule has 1 amide bonds. The number of aromatic nitrogens is 1. The van der Waals surface area contributed by atoms with Crippen LogP contribution in [0.2, 0.25) is 0 Å². The maximum Gasteiger partial charge on any atom is 0.259 e. The highest BCUT2D eigenvalue weighted by Crippen LogP contribution is 2.33. The van der Waals surface area contributed by atoms with Gasteiger partial charge in [-0.05, 0) is 43.7 Å². The minimum absolute atomic E-state index is 0.0117. The number of amides is 1. The lowest BCUT2D eigenvalue weighted by Gasteiger charge is -2.37. The van der Waals surface area contributed by atoms with E-state index in [1.807, 2.05) is 32.2 Å². The molecular weight excluding hydrogens is 470 g/mol. The number of carbonyl (C=O) groups excluding carboxylic acids is 1. The van der Waals surface area contributed by atoms with Crippen LogP contribution >= 0.6 is 0 Å². The first-order valence-electron chi connectivity index (χ1n) is 12.9. The first kappa shape index (κ1) is 26.8. The quantitative estimate of drug-likeness (QED) is 0.574. The van der Waals surface area contributed by atoms with Gasteiger partial charge in [-0.2, -0.15) is 0 Å². The number of rotatable bonds is 7. The zero-order valence-corrected chi connectivity index (χ0v) is 22.4. The van der Waals surface area contributed by atoms with E-state index in [4.69, 9.17) is 14.2 Å². The predicted molar refractivity (Wildman–Crippen MR) is 141 cm³/mol. The van der Waals surface area contributed by atoms with E-state index in [1.54, 1.807) is 17.2 Å². The molecule has 8 nitrogen and oxygen atoms in total. The van der Waals surface area contributed by atoms with Crippen LogP contribution in [0.1, 0.15) is 55.6 Å². The van der Waals surface area contributed by atoms with Gasteiger partial charge in [0.15, 0.2) is 11.5 Å². The lowest BCUT2D eigenvalue weighted by Crippen LogP contribution is -2.49. The SMILES string of the molecule is CC(C)CC#Cc1cnc2c(c1)C(=O)N([C@H](C)CO)C[C@H](C)[C@@H](CN(C)Cc1ccc3c(c1)OCO3)O2. The van der Waals surface area contributed by atoms with Crippen LogP contribution in [0.5, 0.6) is 17.4 Å². The summed E-state index contributed by atoms with van der Waals surface area (Å²) in [4.78, 5) is 22.0. The topological polar surface area (TPSA) is 84.4 Å². The number of aliphatic hydroxyl groups is 1. The average molecular weight is 508 g/mol. The van der Waals surface area contributed by atoms with Crippen molar-refractivity contribution in [1.29, 1.82) is 0 Å². The number of ether oxygens (including phenoxy) is 3. The van der Waals surface area contributed by atoms with Crippen LogP contribution in [0.25, 0.3) is 0 Å². The second-order valence-corrected chi connectivity index (χ2v) is 10.5. The molecule has 0 bridgehead atoms. The van der Waals surface area contributed by atoms with Gasteiger partial charge < -0.3 is 24.2 Å². The van der Waals surface area contributed by atoms with Crippen molar-refractivity contribution in [3.8, 4) is 29.2 Å². The van der Waals surface area contributed by atoms with Crippen LogP contribution in [0, 0.1) is 23.7 Å². The number of hydrogen-bond acceptors (Lipinski definition) is 7. The summed E-state index contributed by atoms with van der Waals surface area (Å²) in [5.41, 5.74) is 2.17. The molecule has 37 heavy (non-hydrogen) atoms. The summed E-state index contributed by atoms with van der Waals surface area (Å²) in [5, 5.41) is 9.88. The highest BCUT2D eigenvalue weighted by Gasteiger charge is 2.34. The van der Waals surface area contributed by atoms with E-state index in [9.17, 15) is 9.90 Å². The summed E-state index contributed by atoms with van der Waals surface area (Å²) < 4.78 is 17.3. The molecule has 0 radical (unpaired) electrons. The molecule has 2 aliphatic rings. The highest BCUT2D eigenvalue weighted by atomic mass is 16.7. The van der Waals surface area contributed by atoms with Crippen molar-refractivity contribution >= 4 is 5.91 Å². The number of benzene rings is 1. The highest BCUT2D eigenvalue weighted by molar-refractivity contribution is 5.97. The fourth-order valence-corrected chi connectivity index (χ4v) is 4.47. The maximum atomic E-state index is 13.5. The van der Waals surface area contributed by atoms with Crippen LogP contribution in [-0.4, -0.2) is 71.5 Å². The van der Waals surface area contributed by atoms with Crippen LogP contribution in [-0.2, 0) is 6.54 Å².